The summed E-state index contributed by atoms with van der Waals surface area (Å²) in [5.74, 6) is -0.146. The zero-order valence-corrected chi connectivity index (χ0v) is 11.5. The number of carbonyl (C=O) groups excluding carboxylic acids is 2. The van der Waals surface area contributed by atoms with E-state index in [0.29, 0.717) is 18.5 Å². The molecule has 0 bridgehead atoms. The Morgan fingerprint density at radius 1 is 1.43 bits per heavy atom. The van der Waals surface area contributed by atoms with Crippen LogP contribution in [0.4, 0.5) is 5.69 Å². The minimum Gasteiger partial charge on any atom is -0.352 e. The van der Waals surface area contributed by atoms with Gasteiger partial charge in [0.1, 0.15) is 0 Å². The molecule has 0 radical (unpaired) electrons. The maximum Gasteiger partial charge on any atom is 0.251 e. The number of benzene rings is 1. The third kappa shape index (κ3) is 3.10. The molecule has 1 aromatic heterocycles. The van der Waals surface area contributed by atoms with E-state index in [0.717, 1.165) is 24.2 Å². The molecule has 0 aliphatic carbocycles. The van der Waals surface area contributed by atoms with Crippen molar-refractivity contribution >= 4 is 17.5 Å². The van der Waals surface area contributed by atoms with Crippen LogP contribution in [0, 0.1) is 0 Å². The van der Waals surface area contributed by atoms with Crippen molar-refractivity contribution in [2.45, 2.75) is 19.4 Å². The fraction of sp³-hybridized carbons (Fsp3) is 0.267. The molecular formula is C15H16N4O2. The molecule has 1 aromatic carbocycles. The summed E-state index contributed by atoms with van der Waals surface area (Å²) in [6, 6.07) is 5.31. The topological polar surface area (TPSA) is 76.0 Å². The number of nitrogens with one attached hydrogen (secondary N) is 2. The van der Waals surface area contributed by atoms with Gasteiger partial charge < -0.3 is 15.2 Å². The number of aryl methyl sites for hydroxylation is 1. The second-order valence-electron chi connectivity index (χ2n) is 5.01. The van der Waals surface area contributed by atoms with E-state index in [1.165, 1.54) is 0 Å². The minimum atomic E-state index is -0.121. The first kappa shape index (κ1) is 13.4. The van der Waals surface area contributed by atoms with Crippen LogP contribution in [0.2, 0.25) is 0 Å². The fourth-order valence-electron chi connectivity index (χ4n) is 2.34. The van der Waals surface area contributed by atoms with E-state index in [4.69, 9.17) is 0 Å². The zero-order valence-electron chi connectivity index (χ0n) is 11.5. The average molecular weight is 284 g/mol. The molecule has 2 N–H and O–H groups in total. The van der Waals surface area contributed by atoms with Crippen molar-refractivity contribution in [2.24, 2.45) is 0 Å². The Hall–Kier alpha value is -2.63. The van der Waals surface area contributed by atoms with Crippen LogP contribution < -0.4 is 10.6 Å². The van der Waals surface area contributed by atoms with E-state index in [9.17, 15) is 9.59 Å². The van der Waals surface area contributed by atoms with E-state index >= 15 is 0 Å². The highest BCUT2D eigenvalue weighted by molar-refractivity contribution is 6.02. The van der Waals surface area contributed by atoms with Crippen molar-refractivity contribution in [3.8, 4) is 0 Å². The third-order valence-corrected chi connectivity index (χ3v) is 3.43. The molecule has 0 unspecified atom stereocenters. The predicted octanol–water partition coefficient (Wildman–Crippen LogP) is 1.20. The van der Waals surface area contributed by atoms with Crippen LogP contribution in [0.5, 0.6) is 0 Å². The average Bonchev–Trinajstić information content (AvgIpc) is 3.10. The molecule has 2 heterocycles. The number of carbonyl (C=O) groups is 2. The largest absolute Gasteiger partial charge is 0.352 e. The quantitative estimate of drug-likeness (QED) is 0.810. The van der Waals surface area contributed by atoms with Gasteiger partial charge in [0, 0.05) is 36.7 Å². The molecule has 0 atom stereocenters. The Morgan fingerprint density at radius 3 is 3.14 bits per heavy atom. The number of fused-ring (bicyclic) bond motifs is 1. The van der Waals surface area contributed by atoms with Crippen molar-refractivity contribution < 1.29 is 9.59 Å². The van der Waals surface area contributed by atoms with Gasteiger partial charge in [-0.05, 0) is 24.1 Å². The molecule has 1 aliphatic heterocycles. The number of imidazole rings is 1. The number of nitrogens with zero attached hydrogens (tertiary/aromatic N) is 2. The summed E-state index contributed by atoms with van der Waals surface area (Å²) < 4.78 is 1.97. The van der Waals surface area contributed by atoms with Crippen LogP contribution in [-0.4, -0.2) is 27.9 Å². The van der Waals surface area contributed by atoms with E-state index in [2.05, 4.69) is 15.6 Å². The van der Waals surface area contributed by atoms with Gasteiger partial charge in [-0.25, -0.2) is 4.98 Å². The summed E-state index contributed by atoms with van der Waals surface area (Å²) >= 11 is 0. The summed E-state index contributed by atoms with van der Waals surface area (Å²) in [6.45, 7) is 1.42. The first-order valence-electron chi connectivity index (χ1n) is 6.89. The molecule has 0 saturated heterocycles. The van der Waals surface area contributed by atoms with E-state index in [-0.39, 0.29) is 11.8 Å². The molecule has 6 heteroatoms. The Labute approximate surface area is 122 Å². The molecular weight excluding hydrogens is 268 g/mol. The zero-order chi connectivity index (χ0) is 14.7. The lowest BCUT2D eigenvalue weighted by molar-refractivity contribution is -0.115. The van der Waals surface area contributed by atoms with Crippen LogP contribution in [0.15, 0.2) is 36.9 Å². The molecule has 0 spiro atoms. The lowest BCUT2D eigenvalue weighted by atomic mass is 10.1. The van der Waals surface area contributed by atoms with Gasteiger partial charge in [-0.2, -0.15) is 0 Å². The summed E-state index contributed by atoms with van der Waals surface area (Å²) in [6.07, 6.45) is 6.61. The molecule has 2 aromatic rings. The van der Waals surface area contributed by atoms with Crippen LogP contribution >= 0.6 is 0 Å². The Balaban J connectivity index is 1.51. The SMILES string of the molecule is O=C1Cc2ccc(C(=O)NCCCn3ccnc3)cc2N1. The normalized spacial score (nSPS) is 12.9. The Morgan fingerprint density at radius 2 is 2.33 bits per heavy atom. The molecule has 108 valence electrons. The fourth-order valence-corrected chi connectivity index (χ4v) is 2.34. The number of anilines is 1. The van der Waals surface area contributed by atoms with Crippen LogP contribution in [0.3, 0.4) is 0 Å². The van der Waals surface area contributed by atoms with Gasteiger partial charge in [0.05, 0.1) is 12.7 Å². The highest BCUT2D eigenvalue weighted by Gasteiger charge is 2.18. The summed E-state index contributed by atoms with van der Waals surface area (Å²) in [7, 11) is 0. The van der Waals surface area contributed by atoms with Crippen molar-refractivity contribution in [1.82, 2.24) is 14.9 Å². The van der Waals surface area contributed by atoms with Gasteiger partial charge >= 0.3 is 0 Å². The van der Waals surface area contributed by atoms with Gasteiger partial charge in [-0.15, -0.1) is 0 Å². The maximum absolute atomic E-state index is 12.0. The van der Waals surface area contributed by atoms with Gasteiger partial charge in [0.25, 0.3) is 5.91 Å². The number of rotatable bonds is 5. The van der Waals surface area contributed by atoms with E-state index < -0.39 is 0 Å². The molecule has 1 aliphatic rings. The molecule has 3 rings (SSSR count). The maximum atomic E-state index is 12.0. The second kappa shape index (κ2) is 5.78. The van der Waals surface area contributed by atoms with E-state index in [1.54, 1.807) is 24.7 Å². The molecule has 0 saturated carbocycles. The highest BCUT2D eigenvalue weighted by Crippen LogP contribution is 2.23. The number of hydrogen-bond donors (Lipinski definition) is 2. The third-order valence-electron chi connectivity index (χ3n) is 3.43. The Bertz CT molecular complexity index is 664. The van der Waals surface area contributed by atoms with Crippen LogP contribution in [-0.2, 0) is 17.8 Å². The molecule has 6 nitrogen and oxygen atoms in total. The van der Waals surface area contributed by atoms with Gasteiger partial charge in [0.15, 0.2) is 0 Å². The van der Waals surface area contributed by atoms with E-state index in [1.807, 2.05) is 16.8 Å². The van der Waals surface area contributed by atoms with Crippen molar-refractivity contribution in [2.75, 3.05) is 11.9 Å². The van der Waals surface area contributed by atoms with Crippen molar-refractivity contribution in [3.05, 3.63) is 48.0 Å². The van der Waals surface area contributed by atoms with Crippen LogP contribution in [0.1, 0.15) is 22.3 Å². The summed E-state index contributed by atoms with van der Waals surface area (Å²) in [4.78, 5) is 27.3. The Kier molecular flexibility index (Phi) is 3.68. The first-order chi connectivity index (χ1) is 10.2. The minimum absolute atomic E-state index is 0.0251. The first-order valence-corrected chi connectivity index (χ1v) is 6.89. The molecule has 21 heavy (non-hydrogen) atoms. The monoisotopic (exact) mass is 284 g/mol. The summed E-state index contributed by atoms with van der Waals surface area (Å²) in [5, 5.41) is 5.63. The van der Waals surface area contributed by atoms with Gasteiger partial charge in [0.2, 0.25) is 5.91 Å². The van der Waals surface area contributed by atoms with Crippen LogP contribution in [0.25, 0.3) is 0 Å². The molecule has 0 fully saturated rings. The lowest BCUT2D eigenvalue weighted by Gasteiger charge is -2.07. The number of amides is 2. The van der Waals surface area contributed by atoms with Gasteiger partial charge in [-0.3, -0.25) is 9.59 Å². The number of hydrogen-bond acceptors (Lipinski definition) is 3. The lowest BCUT2D eigenvalue weighted by Crippen LogP contribution is -2.25. The second-order valence-corrected chi connectivity index (χ2v) is 5.01. The smallest absolute Gasteiger partial charge is 0.251 e. The van der Waals surface area contributed by atoms with Gasteiger partial charge in [-0.1, -0.05) is 6.07 Å². The number of aromatic nitrogens is 2. The highest BCUT2D eigenvalue weighted by atomic mass is 16.2. The standard InChI is InChI=1S/C15H16N4O2/c20-14-9-11-2-3-12(8-13(11)18-14)15(21)17-4-1-6-19-7-5-16-10-19/h2-3,5,7-8,10H,1,4,6,9H2,(H,17,21)(H,18,20). The van der Waals surface area contributed by atoms with Crippen molar-refractivity contribution in [1.29, 1.82) is 0 Å². The van der Waals surface area contributed by atoms with Crippen molar-refractivity contribution in [3.63, 3.8) is 0 Å². The predicted molar refractivity (Wildman–Crippen MR) is 78.0 cm³/mol. The summed E-state index contributed by atoms with van der Waals surface area (Å²) in [5.41, 5.74) is 2.25. The molecule has 2 amide bonds.